The number of thioether (sulfide) groups is 1. The van der Waals surface area contributed by atoms with Gasteiger partial charge >= 0.3 is 0 Å². The second-order valence-corrected chi connectivity index (χ2v) is 5.68. The van der Waals surface area contributed by atoms with E-state index in [0.29, 0.717) is 0 Å². The third-order valence-electron chi connectivity index (χ3n) is 3.15. The summed E-state index contributed by atoms with van der Waals surface area (Å²) in [5, 5.41) is 49.3. The Bertz CT molecular complexity index is 512. The molecular weight excluding hydrogens is 302 g/mol. The first kappa shape index (κ1) is 16.1. The molecule has 0 saturated carbocycles. The largest absolute Gasteiger partial charge is 0.394 e. The molecule has 2 rings (SSSR count). The van der Waals surface area contributed by atoms with Gasteiger partial charge in [0.25, 0.3) is 5.69 Å². The molecule has 0 unspecified atom stereocenters. The topological polar surface area (TPSA) is 133 Å². The molecule has 1 aromatic rings. The van der Waals surface area contributed by atoms with Gasteiger partial charge in [0.15, 0.2) is 0 Å². The van der Waals surface area contributed by atoms with Crippen LogP contribution in [0.15, 0.2) is 29.2 Å². The molecule has 21 heavy (non-hydrogen) atoms. The molecule has 0 amide bonds. The van der Waals surface area contributed by atoms with Crippen molar-refractivity contribution in [3.05, 3.63) is 34.4 Å². The van der Waals surface area contributed by atoms with Gasteiger partial charge in [-0.15, -0.1) is 0 Å². The molecule has 116 valence electrons. The van der Waals surface area contributed by atoms with E-state index in [1.165, 1.54) is 18.2 Å². The molecule has 0 spiro atoms. The summed E-state index contributed by atoms with van der Waals surface area (Å²) in [7, 11) is 0. The van der Waals surface area contributed by atoms with E-state index in [-0.39, 0.29) is 10.6 Å². The number of nitro benzene ring substituents is 1. The maximum Gasteiger partial charge on any atom is 0.282 e. The van der Waals surface area contributed by atoms with Gasteiger partial charge in [-0.3, -0.25) is 10.1 Å². The van der Waals surface area contributed by atoms with E-state index in [1.54, 1.807) is 6.07 Å². The smallest absolute Gasteiger partial charge is 0.282 e. The Morgan fingerprint density at radius 1 is 1.19 bits per heavy atom. The summed E-state index contributed by atoms with van der Waals surface area (Å²) in [6.07, 6.45) is -5.43. The van der Waals surface area contributed by atoms with Crippen LogP contribution in [0.4, 0.5) is 5.69 Å². The van der Waals surface area contributed by atoms with Crippen LogP contribution in [-0.2, 0) is 4.74 Å². The minimum atomic E-state index is -1.50. The Morgan fingerprint density at radius 3 is 2.48 bits per heavy atom. The molecular formula is C12H15NO7S. The fourth-order valence-electron chi connectivity index (χ4n) is 2.00. The lowest BCUT2D eigenvalue weighted by molar-refractivity contribution is -0.387. The van der Waals surface area contributed by atoms with Crippen LogP contribution in [0.1, 0.15) is 0 Å². The number of ether oxygens (including phenoxy) is 1. The first-order chi connectivity index (χ1) is 9.95. The van der Waals surface area contributed by atoms with Gasteiger partial charge in [0.1, 0.15) is 29.9 Å². The van der Waals surface area contributed by atoms with Crippen molar-refractivity contribution in [3.63, 3.8) is 0 Å². The lowest BCUT2D eigenvalue weighted by atomic mass is 10.0. The zero-order valence-electron chi connectivity index (χ0n) is 10.8. The number of para-hydroxylation sites is 1. The van der Waals surface area contributed by atoms with Crippen molar-refractivity contribution in [2.75, 3.05) is 6.61 Å². The van der Waals surface area contributed by atoms with Crippen LogP contribution in [0.25, 0.3) is 0 Å². The first-order valence-electron chi connectivity index (χ1n) is 6.16. The third-order valence-corrected chi connectivity index (χ3v) is 4.37. The van der Waals surface area contributed by atoms with Crippen molar-refractivity contribution in [3.8, 4) is 0 Å². The lowest BCUT2D eigenvalue weighted by Gasteiger charge is -2.39. The van der Waals surface area contributed by atoms with E-state index in [9.17, 15) is 25.4 Å². The molecule has 1 aliphatic heterocycles. The van der Waals surface area contributed by atoms with Crippen molar-refractivity contribution < 1.29 is 30.1 Å². The number of nitrogens with zero attached hydrogens (tertiary/aromatic N) is 1. The molecule has 0 aromatic heterocycles. The van der Waals surface area contributed by atoms with Crippen molar-refractivity contribution in [2.24, 2.45) is 0 Å². The highest BCUT2D eigenvalue weighted by molar-refractivity contribution is 8.00. The van der Waals surface area contributed by atoms with Gasteiger partial charge < -0.3 is 25.2 Å². The van der Waals surface area contributed by atoms with Gasteiger partial charge in [-0.2, -0.15) is 0 Å². The van der Waals surface area contributed by atoms with Crippen LogP contribution in [0.5, 0.6) is 0 Å². The molecule has 1 fully saturated rings. The highest BCUT2D eigenvalue weighted by Gasteiger charge is 2.44. The Kier molecular flexibility index (Phi) is 5.14. The standard InChI is InChI=1S/C12H15NO7S/c14-5-7-9(15)10(16)11(17)12(20-7)21-8-4-2-1-3-6(8)13(18)19/h1-4,7,9-12,14-17H,5H2/t7-,9-,10+,11-,12+/m0/s1. The summed E-state index contributed by atoms with van der Waals surface area (Å²) in [5.41, 5.74) is -1.19. The van der Waals surface area contributed by atoms with E-state index in [2.05, 4.69) is 0 Å². The summed E-state index contributed by atoms with van der Waals surface area (Å²) in [5.74, 6) is 0. The molecule has 4 N–H and O–H groups in total. The van der Waals surface area contributed by atoms with Crippen LogP contribution in [-0.4, -0.2) is 61.8 Å². The minimum Gasteiger partial charge on any atom is -0.394 e. The van der Waals surface area contributed by atoms with E-state index in [1.807, 2.05) is 0 Å². The quantitative estimate of drug-likeness (QED) is 0.431. The maximum absolute atomic E-state index is 10.9. The fourth-order valence-corrected chi connectivity index (χ4v) is 3.17. The molecule has 0 bridgehead atoms. The Balaban J connectivity index is 2.20. The van der Waals surface area contributed by atoms with Gasteiger partial charge in [-0.25, -0.2) is 0 Å². The van der Waals surface area contributed by atoms with Crippen LogP contribution < -0.4 is 0 Å². The van der Waals surface area contributed by atoms with Crippen LogP contribution in [0, 0.1) is 10.1 Å². The predicted molar refractivity (Wildman–Crippen MR) is 72.7 cm³/mol. The van der Waals surface area contributed by atoms with Crippen molar-refractivity contribution in [2.45, 2.75) is 34.7 Å². The van der Waals surface area contributed by atoms with Crippen molar-refractivity contribution in [1.29, 1.82) is 0 Å². The maximum atomic E-state index is 10.9. The zero-order valence-corrected chi connectivity index (χ0v) is 11.6. The number of benzene rings is 1. The van der Waals surface area contributed by atoms with Gasteiger partial charge in [0.2, 0.25) is 0 Å². The number of hydrogen-bond acceptors (Lipinski definition) is 8. The summed E-state index contributed by atoms with van der Waals surface area (Å²) < 4.78 is 5.30. The number of nitro groups is 1. The van der Waals surface area contributed by atoms with Crippen LogP contribution in [0.3, 0.4) is 0 Å². The summed E-state index contributed by atoms with van der Waals surface area (Å²) in [6.45, 7) is -0.543. The van der Waals surface area contributed by atoms with Crippen molar-refractivity contribution in [1.82, 2.24) is 0 Å². The molecule has 1 saturated heterocycles. The Hall–Kier alpha value is -1.23. The fraction of sp³-hybridized carbons (Fsp3) is 0.500. The highest BCUT2D eigenvalue weighted by Crippen LogP contribution is 2.37. The minimum absolute atomic E-state index is 0.153. The summed E-state index contributed by atoms with van der Waals surface area (Å²) >= 11 is 0.856. The molecule has 9 heteroatoms. The lowest BCUT2D eigenvalue weighted by Crippen LogP contribution is -2.57. The Labute approximate surface area is 124 Å². The average molecular weight is 317 g/mol. The third kappa shape index (κ3) is 3.34. The second-order valence-electron chi connectivity index (χ2n) is 4.54. The summed E-state index contributed by atoms with van der Waals surface area (Å²) in [6, 6.07) is 5.91. The average Bonchev–Trinajstić information content (AvgIpc) is 2.48. The van der Waals surface area contributed by atoms with Gasteiger partial charge in [-0.05, 0) is 6.07 Å². The van der Waals surface area contributed by atoms with Crippen LogP contribution >= 0.6 is 11.8 Å². The molecule has 0 aliphatic carbocycles. The van der Waals surface area contributed by atoms with Gasteiger partial charge in [0.05, 0.1) is 16.4 Å². The molecule has 1 heterocycles. The second kappa shape index (κ2) is 6.69. The highest BCUT2D eigenvalue weighted by atomic mass is 32.2. The SMILES string of the molecule is O=[N+]([O-])c1ccccc1S[C@H]1O[C@@H](CO)[C@H](O)[C@@H](O)[C@@H]1O. The normalized spacial score (nSPS) is 32.9. The van der Waals surface area contributed by atoms with E-state index in [0.717, 1.165) is 11.8 Å². The van der Waals surface area contributed by atoms with Gasteiger partial charge in [-0.1, -0.05) is 23.9 Å². The Morgan fingerprint density at radius 2 is 1.86 bits per heavy atom. The number of hydrogen-bond donors (Lipinski definition) is 4. The van der Waals surface area contributed by atoms with Crippen molar-refractivity contribution >= 4 is 17.4 Å². The van der Waals surface area contributed by atoms with E-state index in [4.69, 9.17) is 9.84 Å². The van der Waals surface area contributed by atoms with E-state index >= 15 is 0 Å². The van der Waals surface area contributed by atoms with Crippen LogP contribution in [0.2, 0.25) is 0 Å². The number of aliphatic hydroxyl groups excluding tert-OH is 4. The molecule has 8 nitrogen and oxygen atoms in total. The summed E-state index contributed by atoms with van der Waals surface area (Å²) in [4.78, 5) is 10.6. The molecule has 0 radical (unpaired) electrons. The monoisotopic (exact) mass is 317 g/mol. The molecule has 1 aromatic carbocycles. The number of rotatable bonds is 4. The molecule has 1 aliphatic rings. The van der Waals surface area contributed by atoms with E-state index < -0.39 is 41.4 Å². The molecule has 5 atom stereocenters. The number of aliphatic hydroxyl groups is 4. The zero-order chi connectivity index (χ0) is 15.6. The first-order valence-corrected chi connectivity index (χ1v) is 7.04. The van der Waals surface area contributed by atoms with Gasteiger partial charge in [0, 0.05) is 6.07 Å². The predicted octanol–water partition coefficient (Wildman–Crippen LogP) is -0.513.